The van der Waals surface area contributed by atoms with Gasteiger partial charge in [0.25, 0.3) is 5.56 Å². The van der Waals surface area contributed by atoms with Crippen LogP contribution in [0.3, 0.4) is 0 Å². The molecule has 1 N–H and O–H groups in total. The van der Waals surface area contributed by atoms with E-state index in [1.54, 1.807) is 12.3 Å². The lowest BCUT2D eigenvalue weighted by atomic mass is 9.82. The number of fused-ring (bicyclic) bond motifs is 3. The molecule has 3 aromatic rings. The SMILES string of the molecule is N#Cc1c2c(c(-c3ccco3)[nH]c1=O)CCc1ccccc1-2. The van der Waals surface area contributed by atoms with E-state index in [0.29, 0.717) is 11.5 Å². The van der Waals surface area contributed by atoms with Gasteiger partial charge >= 0.3 is 0 Å². The summed E-state index contributed by atoms with van der Waals surface area (Å²) in [7, 11) is 0. The zero-order valence-electron chi connectivity index (χ0n) is 11.7. The van der Waals surface area contributed by atoms with Gasteiger partial charge in [-0.2, -0.15) is 5.26 Å². The summed E-state index contributed by atoms with van der Waals surface area (Å²) in [6.07, 6.45) is 3.23. The van der Waals surface area contributed by atoms with E-state index in [1.165, 1.54) is 5.56 Å². The molecule has 0 saturated heterocycles. The lowest BCUT2D eigenvalue weighted by Gasteiger charge is -2.22. The number of aromatic amines is 1. The Hall–Kier alpha value is -3.06. The van der Waals surface area contributed by atoms with Crippen molar-refractivity contribution in [1.82, 2.24) is 4.98 Å². The summed E-state index contributed by atoms with van der Waals surface area (Å²) in [5, 5.41) is 9.43. The van der Waals surface area contributed by atoms with Crippen molar-refractivity contribution in [1.29, 1.82) is 5.26 Å². The molecule has 0 bridgehead atoms. The molecule has 0 aliphatic heterocycles. The van der Waals surface area contributed by atoms with Crippen LogP contribution >= 0.6 is 0 Å². The molecule has 4 rings (SSSR count). The molecule has 106 valence electrons. The van der Waals surface area contributed by atoms with Gasteiger partial charge in [-0.15, -0.1) is 0 Å². The standard InChI is InChI=1S/C18H12N2O2/c19-10-14-16-12-5-2-1-4-11(12)7-8-13(16)17(20-18(14)21)15-6-3-9-22-15/h1-6,9H,7-8H2,(H,20,21). The summed E-state index contributed by atoms with van der Waals surface area (Å²) in [6.45, 7) is 0. The number of rotatable bonds is 1. The first-order valence-corrected chi connectivity index (χ1v) is 7.11. The quantitative estimate of drug-likeness (QED) is 0.747. The number of aryl methyl sites for hydroxylation is 1. The van der Waals surface area contributed by atoms with Gasteiger partial charge in [0.05, 0.1) is 12.0 Å². The predicted molar refractivity (Wildman–Crippen MR) is 82.3 cm³/mol. The monoisotopic (exact) mass is 288 g/mol. The van der Waals surface area contributed by atoms with Crippen molar-refractivity contribution < 1.29 is 4.42 Å². The van der Waals surface area contributed by atoms with Crippen LogP contribution in [0.5, 0.6) is 0 Å². The van der Waals surface area contributed by atoms with E-state index in [4.69, 9.17) is 4.42 Å². The zero-order valence-corrected chi connectivity index (χ0v) is 11.7. The van der Waals surface area contributed by atoms with Crippen molar-refractivity contribution in [3.8, 4) is 28.7 Å². The van der Waals surface area contributed by atoms with E-state index in [9.17, 15) is 10.1 Å². The van der Waals surface area contributed by atoms with Crippen molar-refractivity contribution in [3.63, 3.8) is 0 Å². The third kappa shape index (κ3) is 1.73. The van der Waals surface area contributed by atoms with Crippen LogP contribution < -0.4 is 5.56 Å². The predicted octanol–water partition coefficient (Wildman–Crippen LogP) is 3.27. The molecule has 0 spiro atoms. The average Bonchev–Trinajstić information content (AvgIpc) is 3.08. The van der Waals surface area contributed by atoms with Crippen molar-refractivity contribution in [3.05, 3.63) is 69.7 Å². The number of pyridine rings is 1. The maximum Gasteiger partial charge on any atom is 0.267 e. The highest BCUT2D eigenvalue weighted by Crippen LogP contribution is 2.38. The van der Waals surface area contributed by atoms with Gasteiger partial charge in [-0.1, -0.05) is 24.3 Å². The first-order valence-electron chi connectivity index (χ1n) is 7.11. The highest BCUT2D eigenvalue weighted by molar-refractivity contribution is 5.82. The third-order valence-corrected chi connectivity index (χ3v) is 4.13. The van der Waals surface area contributed by atoms with Gasteiger partial charge in [-0.3, -0.25) is 4.79 Å². The second kappa shape index (κ2) is 4.74. The Kier molecular flexibility index (Phi) is 2.73. The Morgan fingerprint density at radius 3 is 2.77 bits per heavy atom. The molecular formula is C18H12N2O2. The molecule has 0 amide bonds. The van der Waals surface area contributed by atoms with Gasteiger partial charge in [-0.05, 0) is 41.7 Å². The van der Waals surface area contributed by atoms with Crippen LogP contribution in [0.4, 0.5) is 0 Å². The maximum atomic E-state index is 12.3. The number of nitrogens with one attached hydrogen (secondary N) is 1. The van der Waals surface area contributed by atoms with E-state index in [2.05, 4.69) is 11.1 Å². The minimum absolute atomic E-state index is 0.178. The van der Waals surface area contributed by atoms with E-state index in [1.807, 2.05) is 30.3 Å². The van der Waals surface area contributed by atoms with Gasteiger partial charge in [0.15, 0.2) is 0 Å². The molecule has 2 heterocycles. The molecule has 0 radical (unpaired) electrons. The maximum absolute atomic E-state index is 12.3. The van der Waals surface area contributed by atoms with Crippen LogP contribution in [0.25, 0.3) is 22.6 Å². The number of furan rings is 1. The highest BCUT2D eigenvalue weighted by atomic mass is 16.3. The minimum Gasteiger partial charge on any atom is -0.463 e. The summed E-state index contributed by atoms with van der Waals surface area (Å²) in [4.78, 5) is 15.1. The first kappa shape index (κ1) is 12.7. The van der Waals surface area contributed by atoms with Crippen LogP contribution in [0, 0.1) is 11.3 Å². The Morgan fingerprint density at radius 2 is 2.00 bits per heavy atom. The molecule has 1 aliphatic rings. The van der Waals surface area contributed by atoms with Gasteiger partial charge in [0.1, 0.15) is 17.4 Å². The number of benzene rings is 1. The fourth-order valence-electron chi connectivity index (χ4n) is 3.17. The van der Waals surface area contributed by atoms with Crippen LogP contribution in [0.1, 0.15) is 16.7 Å². The second-order valence-electron chi connectivity index (χ2n) is 5.30. The second-order valence-corrected chi connectivity index (χ2v) is 5.30. The largest absolute Gasteiger partial charge is 0.463 e. The van der Waals surface area contributed by atoms with Crippen LogP contribution in [0.15, 0.2) is 51.9 Å². The fraction of sp³-hybridized carbons (Fsp3) is 0.111. The Bertz CT molecular complexity index is 960. The number of aromatic nitrogens is 1. The molecule has 4 nitrogen and oxygen atoms in total. The molecule has 1 aromatic carbocycles. The average molecular weight is 288 g/mol. The summed E-state index contributed by atoms with van der Waals surface area (Å²) >= 11 is 0. The Labute approximate surface area is 126 Å². The number of hydrogen-bond donors (Lipinski definition) is 1. The van der Waals surface area contributed by atoms with E-state index in [0.717, 1.165) is 29.5 Å². The highest BCUT2D eigenvalue weighted by Gasteiger charge is 2.25. The van der Waals surface area contributed by atoms with Crippen LogP contribution in [-0.2, 0) is 12.8 Å². The van der Waals surface area contributed by atoms with Crippen LogP contribution in [0.2, 0.25) is 0 Å². The summed E-state index contributed by atoms with van der Waals surface area (Å²) in [6, 6.07) is 13.6. The molecule has 1 aliphatic carbocycles. The third-order valence-electron chi connectivity index (χ3n) is 4.13. The van der Waals surface area contributed by atoms with Crippen molar-refractivity contribution in [2.45, 2.75) is 12.8 Å². The van der Waals surface area contributed by atoms with Crippen LogP contribution in [-0.4, -0.2) is 4.98 Å². The molecule has 0 saturated carbocycles. The van der Waals surface area contributed by atoms with Gasteiger partial charge in [0, 0.05) is 5.56 Å². The lowest BCUT2D eigenvalue weighted by Crippen LogP contribution is -2.19. The fourth-order valence-corrected chi connectivity index (χ4v) is 3.17. The molecule has 0 fully saturated rings. The lowest BCUT2D eigenvalue weighted by molar-refractivity contribution is 0.578. The minimum atomic E-state index is -0.371. The van der Waals surface area contributed by atoms with E-state index < -0.39 is 0 Å². The molecular weight excluding hydrogens is 276 g/mol. The Balaban J connectivity index is 2.12. The van der Waals surface area contributed by atoms with E-state index in [-0.39, 0.29) is 11.1 Å². The molecule has 22 heavy (non-hydrogen) atoms. The van der Waals surface area contributed by atoms with Crippen molar-refractivity contribution in [2.24, 2.45) is 0 Å². The molecule has 0 unspecified atom stereocenters. The number of H-pyrrole nitrogens is 1. The van der Waals surface area contributed by atoms with Gasteiger partial charge < -0.3 is 9.40 Å². The molecule has 0 atom stereocenters. The smallest absolute Gasteiger partial charge is 0.267 e. The zero-order chi connectivity index (χ0) is 15.1. The summed E-state index contributed by atoms with van der Waals surface area (Å²) in [5.74, 6) is 0.622. The molecule has 2 aromatic heterocycles. The molecule has 4 heteroatoms. The summed E-state index contributed by atoms with van der Waals surface area (Å²) in [5.41, 5.74) is 4.35. The number of nitrogens with zero attached hydrogens (tertiary/aromatic N) is 1. The summed E-state index contributed by atoms with van der Waals surface area (Å²) < 4.78 is 5.45. The van der Waals surface area contributed by atoms with Gasteiger partial charge in [-0.25, -0.2) is 0 Å². The van der Waals surface area contributed by atoms with Crippen molar-refractivity contribution in [2.75, 3.05) is 0 Å². The van der Waals surface area contributed by atoms with Gasteiger partial charge in [0.2, 0.25) is 0 Å². The topological polar surface area (TPSA) is 69.8 Å². The number of nitriles is 1. The number of hydrogen-bond acceptors (Lipinski definition) is 3. The first-order chi connectivity index (χ1) is 10.8. The van der Waals surface area contributed by atoms with E-state index >= 15 is 0 Å². The normalized spacial score (nSPS) is 12.3. The Morgan fingerprint density at radius 1 is 1.14 bits per heavy atom. The van der Waals surface area contributed by atoms with Crippen molar-refractivity contribution >= 4 is 0 Å².